The Labute approximate surface area is 133 Å². The van der Waals surface area contributed by atoms with Crippen LogP contribution in [0.5, 0.6) is 0 Å². The summed E-state index contributed by atoms with van der Waals surface area (Å²) in [5, 5.41) is 4.07. The van der Waals surface area contributed by atoms with Crippen molar-refractivity contribution in [1.29, 1.82) is 0 Å². The zero-order valence-corrected chi connectivity index (χ0v) is 13.9. The number of hydrazone groups is 1. The lowest BCUT2D eigenvalue weighted by Gasteiger charge is -2.11. The van der Waals surface area contributed by atoms with E-state index in [0.717, 1.165) is 17.7 Å². The van der Waals surface area contributed by atoms with Crippen LogP contribution < -0.4 is 10.3 Å². The average molecular weight is 301 g/mol. The molecule has 0 spiro atoms. The lowest BCUT2D eigenvalue weighted by atomic mass is 10.1. The van der Waals surface area contributed by atoms with E-state index in [9.17, 15) is 4.79 Å². The van der Waals surface area contributed by atoms with Gasteiger partial charge in [-0.2, -0.15) is 5.10 Å². The molecule has 0 unspecified atom stereocenters. The zero-order chi connectivity index (χ0) is 15.9. The van der Waals surface area contributed by atoms with Gasteiger partial charge in [0.1, 0.15) is 0 Å². The van der Waals surface area contributed by atoms with Gasteiger partial charge in [0.15, 0.2) is 0 Å². The highest BCUT2D eigenvalue weighted by atomic mass is 16.2. The summed E-state index contributed by atoms with van der Waals surface area (Å²) in [6.07, 6.45) is 7.66. The molecule has 1 aromatic carbocycles. The highest BCUT2D eigenvalue weighted by molar-refractivity contribution is 5.85. The third kappa shape index (κ3) is 4.86. The minimum atomic E-state index is 0.0719. The first kappa shape index (κ1) is 16.5. The monoisotopic (exact) mass is 301 g/mol. The van der Waals surface area contributed by atoms with Gasteiger partial charge in [0.2, 0.25) is 5.91 Å². The van der Waals surface area contributed by atoms with Gasteiger partial charge in [0, 0.05) is 25.7 Å². The maximum absolute atomic E-state index is 12.0. The second-order valence-corrected chi connectivity index (χ2v) is 6.32. The van der Waals surface area contributed by atoms with Gasteiger partial charge in [-0.05, 0) is 36.5 Å². The summed E-state index contributed by atoms with van der Waals surface area (Å²) >= 11 is 0. The first-order valence-corrected chi connectivity index (χ1v) is 8.22. The van der Waals surface area contributed by atoms with Crippen LogP contribution in [0, 0.1) is 11.8 Å². The number of nitrogens with one attached hydrogen (secondary N) is 1. The number of rotatable bonds is 8. The van der Waals surface area contributed by atoms with Crippen LogP contribution in [-0.2, 0) is 4.79 Å². The molecular weight excluding hydrogens is 274 g/mol. The Kier molecular flexibility index (Phi) is 5.99. The fourth-order valence-corrected chi connectivity index (χ4v) is 2.66. The van der Waals surface area contributed by atoms with E-state index in [2.05, 4.69) is 22.4 Å². The highest BCUT2D eigenvalue weighted by Crippen LogP contribution is 2.42. The van der Waals surface area contributed by atoms with Crippen molar-refractivity contribution in [3.63, 3.8) is 0 Å². The van der Waals surface area contributed by atoms with E-state index in [0.29, 0.717) is 5.92 Å². The van der Waals surface area contributed by atoms with Crippen molar-refractivity contribution in [2.45, 2.75) is 39.0 Å². The summed E-state index contributed by atoms with van der Waals surface area (Å²) in [5.74, 6) is 0.842. The number of hydrogen-bond donors (Lipinski definition) is 1. The Morgan fingerprint density at radius 2 is 2.05 bits per heavy atom. The van der Waals surface area contributed by atoms with Crippen molar-refractivity contribution in [1.82, 2.24) is 5.43 Å². The average Bonchev–Trinajstić information content (AvgIpc) is 3.27. The van der Waals surface area contributed by atoms with Crippen molar-refractivity contribution < 1.29 is 4.79 Å². The molecule has 2 rings (SSSR count). The normalized spacial score (nSPS) is 20.1. The summed E-state index contributed by atoms with van der Waals surface area (Å²) in [6.45, 7) is 2.21. The summed E-state index contributed by atoms with van der Waals surface area (Å²) < 4.78 is 0. The van der Waals surface area contributed by atoms with Gasteiger partial charge < -0.3 is 4.90 Å². The molecule has 4 heteroatoms. The molecule has 22 heavy (non-hydrogen) atoms. The van der Waals surface area contributed by atoms with Crippen LogP contribution in [0.25, 0.3) is 0 Å². The SMILES string of the molecule is CCCCC[C@H]1C[C@@H]1C(=O)N/N=C\c1ccc(N(C)C)cc1. The number of hydrogen-bond acceptors (Lipinski definition) is 3. The summed E-state index contributed by atoms with van der Waals surface area (Å²) in [5.41, 5.74) is 4.81. The molecule has 1 saturated carbocycles. The van der Waals surface area contributed by atoms with E-state index >= 15 is 0 Å². The molecule has 1 aliphatic rings. The first-order valence-electron chi connectivity index (χ1n) is 8.22. The van der Waals surface area contributed by atoms with Crippen LogP contribution >= 0.6 is 0 Å². The van der Waals surface area contributed by atoms with Gasteiger partial charge in [0.25, 0.3) is 0 Å². The van der Waals surface area contributed by atoms with Crippen molar-refractivity contribution >= 4 is 17.8 Å². The lowest BCUT2D eigenvalue weighted by Crippen LogP contribution is -2.20. The van der Waals surface area contributed by atoms with E-state index in [-0.39, 0.29) is 11.8 Å². The van der Waals surface area contributed by atoms with E-state index < -0.39 is 0 Å². The second-order valence-electron chi connectivity index (χ2n) is 6.32. The fraction of sp³-hybridized carbons (Fsp3) is 0.556. The molecule has 2 atom stereocenters. The van der Waals surface area contributed by atoms with Gasteiger partial charge in [-0.1, -0.05) is 38.3 Å². The summed E-state index contributed by atoms with van der Waals surface area (Å²) in [4.78, 5) is 14.0. The molecule has 0 bridgehead atoms. The molecule has 1 N–H and O–H groups in total. The van der Waals surface area contributed by atoms with Gasteiger partial charge in [-0.3, -0.25) is 4.79 Å². The third-order valence-corrected chi connectivity index (χ3v) is 4.24. The molecule has 1 fully saturated rings. The summed E-state index contributed by atoms with van der Waals surface area (Å²) in [7, 11) is 4.02. The number of amides is 1. The zero-order valence-electron chi connectivity index (χ0n) is 13.9. The first-order chi connectivity index (χ1) is 10.6. The van der Waals surface area contributed by atoms with Crippen LogP contribution in [0.1, 0.15) is 44.6 Å². The molecule has 1 aromatic rings. The smallest absolute Gasteiger partial charge is 0.243 e. The molecule has 0 saturated heterocycles. The van der Waals surface area contributed by atoms with Crippen LogP contribution in [0.2, 0.25) is 0 Å². The molecular formula is C18H27N3O. The number of unbranched alkanes of at least 4 members (excludes halogenated alkanes) is 2. The Morgan fingerprint density at radius 1 is 1.32 bits per heavy atom. The van der Waals surface area contributed by atoms with Crippen LogP contribution in [0.3, 0.4) is 0 Å². The molecule has 1 amide bonds. The predicted octanol–water partition coefficient (Wildman–Crippen LogP) is 3.42. The van der Waals surface area contributed by atoms with E-state index in [4.69, 9.17) is 0 Å². The van der Waals surface area contributed by atoms with E-state index in [1.165, 1.54) is 25.7 Å². The number of carbonyl (C=O) groups is 1. The highest BCUT2D eigenvalue weighted by Gasteiger charge is 2.41. The molecule has 120 valence electrons. The number of carbonyl (C=O) groups excluding carboxylic acids is 1. The summed E-state index contributed by atoms with van der Waals surface area (Å²) in [6, 6.07) is 8.06. The number of nitrogens with zero attached hydrogens (tertiary/aromatic N) is 2. The number of anilines is 1. The maximum atomic E-state index is 12.0. The molecule has 0 radical (unpaired) electrons. The van der Waals surface area contributed by atoms with Crippen LogP contribution in [-0.4, -0.2) is 26.2 Å². The lowest BCUT2D eigenvalue weighted by molar-refractivity contribution is -0.122. The second kappa shape index (κ2) is 7.97. The van der Waals surface area contributed by atoms with Crippen LogP contribution in [0.15, 0.2) is 29.4 Å². The quantitative estimate of drug-likeness (QED) is 0.454. The molecule has 0 aromatic heterocycles. The van der Waals surface area contributed by atoms with Crippen molar-refractivity contribution in [3.05, 3.63) is 29.8 Å². The van der Waals surface area contributed by atoms with E-state index in [1.54, 1.807) is 6.21 Å². The fourth-order valence-electron chi connectivity index (χ4n) is 2.66. The predicted molar refractivity (Wildman–Crippen MR) is 92.2 cm³/mol. The van der Waals surface area contributed by atoms with Gasteiger partial charge >= 0.3 is 0 Å². The molecule has 0 heterocycles. The maximum Gasteiger partial charge on any atom is 0.243 e. The third-order valence-electron chi connectivity index (χ3n) is 4.24. The Bertz CT molecular complexity index is 508. The molecule has 4 nitrogen and oxygen atoms in total. The molecule has 0 aliphatic heterocycles. The van der Waals surface area contributed by atoms with Crippen LogP contribution in [0.4, 0.5) is 5.69 Å². The Morgan fingerprint density at radius 3 is 2.68 bits per heavy atom. The molecule has 1 aliphatic carbocycles. The standard InChI is InChI=1S/C18H27N3O/c1-4-5-6-7-15-12-17(15)18(22)20-19-13-14-8-10-16(11-9-14)21(2)3/h8-11,13,15,17H,4-7,12H2,1-3H3,(H,20,22)/b19-13-/t15-,17-/m0/s1. The topological polar surface area (TPSA) is 44.7 Å². The Balaban J connectivity index is 1.72. The number of benzene rings is 1. The van der Waals surface area contributed by atoms with Gasteiger partial charge in [-0.25, -0.2) is 5.43 Å². The van der Waals surface area contributed by atoms with Gasteiger partial charge in [0.05, 0.1) is 6.21 Å². The van der Waals surface area contributed by atoms with Gasteiger partial charge in [-0.15, -0.1) is 0 Å². The largest absolute Gasteiger partial charge is 0.378 e. The van der Waals surface area contributed by atoms with Crippen molar-refractivity contribution in [2.75, 3.05) is 19.0 Å². The minimum absolute atomic E-state index is 0.0719. The van der Waals surface area contributed by atoms with E-state index in [1.807, 2.05) is 38.4 Å². The van der Waals surface area contributed by atoms with Crippen molar-refractivity contribution in [2.24, 2.45) is 16.9 Å². The Hall–Kier alpha value is -1.84. The minimum Gasteiger partial charge on any atom is -0.378 e. The van der Waals surface area contributed by atoms with Crippen molar-refractivity contribution in [3.8, 4) is 0 Å².